The summed E-state index contributed by atoms with van der Waals surface area (Å²) in [6.45, 7) is 3.53. The monoisotopic (exact) mass is 181 g/mol. The molecule has 1 fully saturated rings. The predicted octanol–water partition coefficient (Wildman–Crippen LogP) is 0.895. The molecule has 0 unspecified atom stereocenters. The Kier molecular flexibility index (Phi) is 2.49. The highest BCUT2D eigenvalue weighted by Crippen LogP contribution is 2.10. The molecule has 0 aromatic carbocycles. The quantitative estimate of drug-likeness (QED) is 0.752. The van der Waals surface area contributed by atoms with Gasteiger partial charge in [0.2, 0.25) is 5.88 Å². The van der Waals surface area contributed by atoms with Gasteiger partial charge in [-0.3, -0.25) is 0 Å². The molecule has 0 bridgehead atoms. The minimum atomic E-state index is 0.413. The van der Waals surface area contributed by atoms with E-state index >= 15 is 0 Å². The normalized spacial score (nSPS) is 18.2. The van der Waals surface area contributed by atoms with E-state index < -0.39 is 0 Å². The number of likely N-dealkylation sites (tertiary alicyclic amines) is 1. The van der Waals surface area contributed by atoms with Crippen molar-refractivity contribution in [2.75, 3.05) is 25.4 Å². The predicted molar refractivity (Wildman–Crippen MR) is 50.3 cm³/mol. The molecule has 72 valence electrons. The Labute approximate surface area is 77.7 Å². The first kappa shape index (κ1) is 8.56. The Balaban J connectivity index is 1.78. The molecule has 0 spiro atoms. The maximum Gasteiger partial charge on any atom is 0.222 e. The van der Waals surface area contributed by atoms with Crippen molar-refractivity contribution in [3.8, 4) is 0 Å². The summed E-state index contributed by atoms with van der Waals surface area (Å²) in [4.78, 5) is 2.45. The van der Waals surface area contributed by atoms with Gasteiger partial charge in [0, 0.05) is 19.0 Å². The largest absolute Gasteiger partial charge is 0.368 e. The molecule has 0 amide bonds. The van der Waals surface area contributed by atoms with Crippen LogP contribution in [0, 0.1) is 0 Å². The van der Waals surface area contributed by atoms with Crippen LogP contribution in [0.2, 0.25) is 0 Å². The third-order valence-corrected chi connectivity index (χ3v) is 2.46. The van der Waals surface area contributed by atoms with E-state index in [4.69, 9.17) is 10.3 Å². The maximum absolute atomic E-state index is 5.42. The van der Waals surface area contributed by atoms with Gasteiger partial charge in [-0.2, -0.15) is 0 Å². The summed E-state index contributed by atoms with van der Waals surface area (Å²) >= 11 is 0. The molecule has 0 radical (unpaired) electrons. The first-order chi connectivity index (χ1) is 6.34. The lowest BCUT2D eigenvalue weighted by atomic mass is 10.3. The molecule has 13 heavy (non-hydrogen) atoms. The molecule has 0 aliphatic carbocycles. The van der Waals surface area contributed by atoms with Gasteiger partial charge in [0.1, 0.15) is 0 Å². The van der Waals surface area contributed by atoms with Crippen LogP contribution in [0.1, 0.15) is 18.5 Å². The van der Waals surface area contributed by atoms with E-state index in [1.54, 1.807) is 6.07 Å². The minimum absolute atomic E-state index is 0.413. The minimum Gasteiger partial charge on any atom is -0.368 e. The van der Waals surface area contributed by atoms with Gasteiger partial charge in [0.05, 0.1) is 5.69 Å². The third kappa shape index (κ3) is 2.21. The Morgan fingerprint density at radius 3 is 2.85 bits per heavy atom. The highest BCUT2D eigenvalue weighted by Gasteiger charge is 2.11. The second-order valence-electron chi connectivity index (χ2n) is 3.52. The topological polar surface area (TPSA) is 55.3 Å². The molecule has 4 heteroatoms. The number of aromatic nitrogens is 1. The van der Waals surface area contributed by atoms with Crippen molar-refractivity contribution in [1.29, 1.82) is 0 Å². The molecule has 1 aliphatic heterocycles. The van der Waals surface area contributed by atoms with E-state index in [0.717, 1.165) is 18.7 Å². The Morgan fingerprint density at radius 2 is 2.23 bits per heavy atom. The van der Waals surface area contributed by atoms with Crippen LogP contribution in [0.4, 0.5) is 5.88 Å². The van der Waals surface area contributed by atoms with Gasteiger partial charge in [-0.25, -0.2) is 0 Å². The van der Waals surface area contributed by atoms with Crippen molar-refractivity contribution in [1.82, 2.24) is 10.1 Å². The first-order valence-corrected chi connectivity index (χ1v) is 4.78. The molecule has 2 N–H and O–H groups in total. The van der Waals surface area contributed by atoms with Gasteiger partial charge in [-0.15, -0.1) is 0 Å². The average Bonchev–Trinajstić information content (AvgIpc) is 2.71. The fraction of sp³-hybridized carbons (Fsp3) is 0.667. The molecule has 4 nitrogen and oxygen atoms in total. The number of nitrogen functional groups attached to an aromatic ring is 1. The molecule has 2 heterocycles. The molecule has 1 saturated heterocycles. The van der Waals surface area contributed by atoms with Crippen LogP contribution in [0.3, 0.4) is 0 Å². The van der Waals surface area contributed by atoms with Crippen LogP contribution >= 0.6 is 0 Å². The van der Waals surface area contributed by atoms with Crippen LogP contribution in [0.25, 0.3) is 0 Å². The molecular weight excluding hydrogens is 166 g/mol. The van der Waals surface area contributed by atoms with E-state index in [1.165, 1.54) is 25.9 Å². The lowest BCUT2D eigenvalue weighted by molar-refractivity contribution is 0.337. The zero-order valence-electron chi connectivity index (χ0n) is 7.70. The second kappa shape index (κ2) is 3.79. The molecule has 2 rings (SSSR count). The van der Waals surface area contributed by atoms with Gasteiger partial charge in [0.15, 0.2) is 0 Å². The number of nitrogens with two attached hydrogens (primary N) is 1. The first-order valence-electron chi connectivity index (χ1n) is 4.78. The van der Waals surface area contributed by atoms with Crippen molar-refractivity contribution in [3.63, 3.8) is 0 Å². The fourth-order valence-electron chi connectivity index (χ4n) is 1.72. The molecule has 1 aliphatic rings. The summed E-state index contributed by atoms with van der Waals surface area (Å²) in [5.74, 6) is 0.413. The molecule has 0 saturated carbocycles. The van der Waals surface area contributed by atoms with Crippen molar-refractivity contribution in [2.24, 2.45) is 0 Å². The molecular formula is C9H15N3O. The van der Waals surface area contributed by atoms with Gasteiger partial charge < -0.3 is 15.2 Å². The highest BCUT2D eigenvalue weighted by atomic mass is 16.5. The van der Waals surface area contributed by atoms with E-state index in [1.807, 2.05) is 0 Å². The Morgan fingerprint density at radius 1 is 1.46 bits per heavy atom. The van der Waals surface area contributed by atoms with Crippen molar-refractivity contribution < 1.29 is 4.52 Å². The van der Waals surface area contributed by atoms with Crippen molar-refractivity contribution in [2.45, 2.75) is 19.3 Å². The SMILES string of the molecule is Nc1cc(CCN2CCCC2)no1. The van der Waals surface area contributed by atoms with Gasteiger partial charge in [-0.1, -0.05) is 5.16 Å². The summed E-state index contributed by atoms with van der Waals surface area (Å²) in [5.41, 5.74) is 6.38. The number of hydrogen-bond acceptors (Lipinski definition) is 4. The van der Waals surface area contributed by atoms with Crippen molar-refractivity contribution in [3.05, 3.63) is 11.8 Å². The number of anilines is 1. The molecule has 0 atom stereocenters. The van der Waals surface area contributed by atoms with Crippen LogP contribution in [-0.2, 0) is 6.42 Å². The number of hydrogen-bond donors (Lipinski definition) is 1. The maximum atomic E-state index is 5.42. The molecule has 1 aromatic rings. The lowest BCUT2D eigenvalue weighted by Crippen LogP contribution is -2.21. The van der Waals surface area contributed by atoms with E-state index in [9.17, 15) is 0 Å². The van der Waals surface area contributed by atoms with E-state index in [-0.39, 0.29) is 0 Å². The Hall–Kier alpha value is -1.03. The smallest absolute Gasteiger partial charge is 0.222 e. The third-order valence-electron chi connectivity index (χ3n) is 2.46. The summed E-state index contributed by atoms with van der Waals surface area (Å²) in [6, 6.07) is 1.80. The number of nitrogens with zero attached hydrogens (tertiary/aromatic N) is 2. The van der Waals surface area contributed by atoms with Gasteiger partial charge in [0.25, 0.3) is 0 Å². The summed E-state index contributed by atoms with van der Waals surface area (Å²) < 4.78 is 4.79. The Bertz CT molecular complexity index is 266. The number of rotatable bonds is 3. The molecule has 1 aromatic heterocycles. The van der Waals surface area contributed by atoms with Gasteiger partial charge >= 0.3 is 0 Å². The van der Waals surface area contributed by atoms with E-state index in [2.05, 4.69) is 10.1 Å². The standard InChI is InChI=1S/C9H15N3O/c10-9-7-8(11-13-9)3-6-12-4-1-2-5-12/h7H,1-6,10H2. The fourth-order valence-corrected chi connectivity index (χ4v) is 1.72. The second-order valence-corrected chi connectivity index (χ2v) is 3.52. The van der Waals surface area contributed by atoms with Crippen LogP contribution in [-0.4, -0.2) is 29.7 Å². The van der Waals surface area contributed by atoms with Crippen LogP contribution in [0.15, 0.2) is 10.6 Å². The zero-order valence-corrected chi connectivity index (χ0v) is 7.70. The van der Waals surface area contributed by atoms with E-state index in [0.29, 0.717) is 5.88 Å². The summed E-state index contributed by atoms with van der Waals surface area (Å²) in [5, 5.41) is 3.85. The van der Waals surface area contributed by atoms with Gasteiger partial charge in [-0.05, 0) is 25.9 Å². The zero-order chi connectivity index (χ0) is 9.10. The van der Waals surface area contributed by atoms with Crippen LogP contribution < -0.4 is 5.73 Å². The van der Waals surface area contributed by atoms with Crippen LogP contribution in [0.5, 0.6) is 0 Å². The highest BCUT2D eigenvalue weighted by molar-refractivity contribution is 5.24. The lowest BCUT2D eigenvalue weighted by Gasteiger charge is -2.12. The summed E-state index contributed by atoms with van der Waals surface area (Å²) in [6.07, 6.45) is 3.61. The van der Waals surface area contributed by atoms with Crippen molar-refractivity contribution >= 4 is 5.88 Å². The average molecular weight is 181 g/mol. The summed E-state index contributed by atoms with van der Waals surface area (Å²) in [7, 11) is 0.